The monoisotopic (exact) mass is 236 g/mol. The maximum absolute atomic E-state index is 9.15. The van der Waals surface area contributed by atoms with Crippen molar-refractivity contribution in [1.82, 2.24) is 0 Å². The number of nitrogen functional groups attached to an aromatic ring is 1. The maximum Gasteiger partial charge on any atom is 0.123 e. The third-order valence-corrected chi connectivity index (χ3v) is 3.13. The summed E-state index contributed by atoms with van der Waals surface area (Å²) in [6, 6.07) is 5.81. The smallest absolute Gasteiger partial charge is 0.123 e. The molecule has 94 valence electrons. The minimum atomic E-state index is 0.261. The van der Waals surface area contributed by atoms with Crippen LogP contribution in [0, 0.1) is 5.92 Å². The SMILES string of the molecule is CCOc1cc(N)cc(N2CCC(CO)C2)c1. The third-order valence-electron chi connectivity index (χ3n) is 3.13. The first-order chi connectivity index (χ1) is 8.22. The first kappa shape index (κ1) is 12.0. The van der Waals surface area contributed by atoms with Gasteiger partial charge in [-0.3, -0.25) is 0 Å². The third kappa shape index (κ3) is 2.82. The van der Waals surface area contributed by atoms with E-state index in [2.05, 4.69) is 4.90 Å². The molecule has 0 amide bonds. The fraction of sp³-hybridized carbons (Fsp3) is 0.538. The predicted molar refractivity (Wildman–Crippen MR) is 69.4 cm³/mol. The molecular weight excluding hydrogens is 216 g/mol. The van der Waals surface area contributed by atoms with Crippen molar-refractivity contribution in [1.29, 1.82) is 0 Å². The summed E-state index contributed by atoms with van der Waals surface area (Å²) in [5.41, 5.74) is 7.68. The van der Waals surface area contributed by atoms with Crippen LogP contribution < -0.4 is 15.4 Å². The van der Waals surface area contributed by atoms with E-state index >= 15 is 0 Å². The van der Waals surface area contributed by atoms with Gasteiger partial charge < -0.3 is 20.5 Å². The number of hydrogen-bond donors (Lipinski definition) is 2. The van der Waals surface area contributed by atoms with Crippen molar-refractivity contribution in [2.45, 2.75) is 13.3 Å². The first-order valence-electron chi connectivity index (χ1n) is 6.12. The number of aliphatic hydroxyl groups is 1. The molecule has 0 saturated carbocycles. The van der Waals surface area contributed by atoms with Gasteiger partial charge in [0.25, 0.3) is 0 Å². The number of nitrogens with zero attached hydrogens (tertiary/aromatic N) is 1. The normalized spacial score (nSPS) is 19.6. The fourth-order valence-corrected chi connectivity index (χ4v) is 2.25. The molecule has 1 saturated heterocycles. The van der Waals surface area contributed by atoms with Crippen molar-refractivity contribution >= 4 is 11.4 Å². The van der Waals surface area contributed by atoms with Crippen LogP contribution in [0.2, 0.25) is 0 Å². The van der Waals surface area contributed by atoms with Gasteiger partial charge in [-0.2, -0.15) is 0 Å². The van der Waals surface area contributed by atoms with E-state index in [0.29, 0.717) is 12.5 Å². The Morgan fingerprint density at radius 1 is 1.47 bits per heavy atom. The van der Waals surface area contributed by atoms with E-state index in [1.165, 1.54) is 0 Å². The second-order valence-electron chi connectivity index (χ2n) is 4.48. The highest BCUT2D eigenvalue weighted by molar-refractivity contribution is 5.61. The van der Waals surface area contributed by atoms with Gasteiger partial charge in [-0.15, -0.1) is 0 Å². The lowest BCUT2D eigenvalue weighted by Crippen LogP contribution is -2.20. The Labute approximate surface area is 102 Å². The molecule has 4 heteroatoms. The van der Waals surface area contributed by atoms with Crippen molar-refractivity contribution in [2.24, 2.45) is 5.92 Å². The summed E-state index contributed by atoms with van der Waals surface area (Å²) in [7, 11) is 0. The van der Waals surface area contributed by atoms with Crippen molar-refractivity contribution in [3.05, 3.63) is 18.2 Å². The summed E-state index contributed by atoms with van der Waals surface area (Å²) in [6.45, 7) is 4.73. The molecule has 0 aromatic heterocycles. The summed E-state index contributed by atoms with van der Waals surface area (Å²) in [5.74, 6) is 1.20. The number of rotatable bonds is 4. The molecule has 17 heavy (non-hydrogen) atoms. The van der Waals surface area contributed by atoms with Gasteiger partial charge in [0, 0.05) is 49.1 Å². The largest absolute Gasteiger partial charge is 0.494 e. The molecule has 1 fully saturated rings. The Morgan fingerprint density at radius 3 is 2.94 bits per heavy atom. The summed E-state index contributed by atoms with van der Waals surface area (Å²) < 4.78 is 5.48. The lowest BCUT2D eigenvalue weighted by molar-refractivity contribution is 0.238. The number of aliphatic hydroxyl groups excluding tert-OH is 1. The van der Waals surface area contributed by atoms with Crippen LogP contribution in [0.3, 0.4) is 0 Å². The highest BCUT2D eigenvalue weighted by atomic mass is 16.5. The fourth-order valence-electron chi connectivity index (χ4n) is 2.25. The zero-order chi connectivity index (χ0) is 12.3. The molecule has 1 unspecified atom stereocenters. The van der Waals surface area contributed by atoms with Crippen LogP contribution in [0.15, 0.2) is 18.2 Å². The molecule has 2 rings (SSSR count). The van der Waals surface area contributed by atoms with E-state index in [4.69, 9.17) is 15.6 Å². The Morgan fingerprint density at radius 2 is 2.29 bits per heavy atom. The molecular formula is C13H20N2O2. The van der Waals surface area contributed by atoms with Gasteiger partial charge in [0.05, 0.1) is 6.61 Å². The van der Waals surface area contributed by atoms with Crippen molar-refractivity contribution < 1.29 is 9.84 Å². The van der Waals surface area contributed by atoms with Crippen LogP contribution in [0.4, 0.5) is 11.4 Å². The Bertz CT molecular complexity index is 382. The average Bonchev–Trinajstić information content (AvgIpc) is 2.77. The van der Waals surface area contributed by atoms with Gasteiger partial charge in [-0.1, -0.05) is 0 Å². The summed E-state index contributed by atoms with van der Waals surface area (Å²) >= 11 is 0. The van der Waals surface area contributed by atoms with Gasteiger partial charge >= 0.3 is 0 Å². The molecule has 0 radical (unpaired) electrons. The van der Waals surface area contributed by atoms with E-state index in [1.54, 1.807) is 0 Å². The summed E-state index contributed by atoms with van der Waals surface area (Å²) in [6.07, 6.45) is 1.04. The van der Waals surface area contributed by atoms with Crippen molar-refractivity contribution in [3.63, 3.8) is 0 Å². The predicted octanol–water partition coefficient (Wildman–Crippen LogP) is 1.49. The molecule has 1 aromatic rings. The Balaban J connectivity index is 2.15. The first-order valence-corrected chi connectivity index (χ1v) is 6.12. The van der Waals surface area contributed by atoms with Gasteiger partial charge in [-0.25, -0.2) is 0 Å². The summed E-state index contributed by atoms with van der Waals surface area (Å²) in [5, 5.41) is 9.15. The van der Waals surface area contributed by atoms with Gasteiger partial charge in [0.15, 0.2) is 0 Å². The highest BCUT2D eigenvalue weighted by Gasteiger charge is 2.22. The lowest BCUT2D eigenvalue weighted by Gasteiger charge is -2.20. The quantitative estimate of drug-likeness (QED) is 0.778. The topological polar surface area (TPSA) is 58.7 Å². The number of benzene rings is 1. The number of hydrogen-bond acceptors (Lipinski definition) is 4. The highest BCUT2D eigenvalue weighted by Crippen LogP contribution is 2.29. The molecule has 0 bridgehead atoms. The van der Waals surface area contributed by atoms with Gasteiger partial charge in [0.2, 0.25) is 0 Å². The van der Waals surface area contributed by atoms with Gasteiger partial charge in [0.1, 0.15) is 5.75 Å². The molecule has 1 aromatic carbocycles. The van der Waals surface area contributed by atoms with Crippen LogP contribution in [0.1, 0.15) is 13.3 Å². The number of anilines is 2. The zero-order valence-corrected chi connectivity index (χ0v) is 10.2. The Kier molecular flexibility index (Phi) is 3.74. The molecule has 0 spiro atoms. The molecule has 4 nitrogen and oxygen atoms in total. The van der Waals surface area contributed by atoms with Crippen molar-refractivity contribution in [3.8, 4) is 5.75 Å². The van der Waals surface area contributed by atoms with Crippen LogP contribution in [0.5, 0.6) is 5.75 Å². The average molecular weight is 236 g/mol. The van der Waals surface area contributed by atoms with E-state index in [-0.39, 0.29) is 6.61 Å². The number of nitrogens with two attached hydrogens (primary N) is 1. The number of ether oxygens (including phenoxy) is 1. The van der Waals surface area contributed by atoms with E-state index in [1.807, 2.05) is 25.1 Å². The Hall–Kier alpha value is -1.42. The van der Waals surface area contributed by atoms with E-state index < -0.39 is 0 Å². The molecule has 1 heterocycles. The lowest BCUT2D eigenvalue weighted by atomic mass is 10.1. The van der Waals surface area contributed by atoms with Crippen LogP contribution >= 0.6 is 0 Å². The van der Waals surface area contributed by atoms with E-state index in [0.717, 1.165) is 36.6 Å². The molecule has 1 atom stereocenters. The minimum absolute atomic E-state index is 0.261. The van der Waals surface area contributed by atoms with Crippen molar-refractivity contribution in [2.75, 3.05) is 36.9 Å². The van der Waals surface area contributed by atoms with E-state index in [9.17, 15) is 0 Å². The summed E-state index contributed by atoms with van der Waals surface area (Å²) in [4.78, 5) is 2.25. The van der Waals surface area contributed by atoms with Crippen LogP contribution in [0.25, 0.3) is 0 Å². The van der Waals surface area contributed by atoms with Gasteiger partial charge in [-0.05, 0) is 19.4 Å². The standard InChI is InChI=1S/C13H20N2O2/c1-2-17-13-6-11(14)5-12(7-13)15-4-3-10(8-15)9-16/h5-7,10,16H,2-4,8-9,14H2,1H3. The molecule has 1 aliphatic heterocycles. The minimum Gasteiger partial charge on any atom is -0.494 e. The second kappa shape index (κ2) is 5.27. The molecule has 3 N–H and O–H groups in total. The maximum atomic E-state index is 9.15. The molecule has 1 aliphatic rings. The zero-order valence-electron chi connectivity index (χ0n) is 10.2. The van der Waals surface area contributed by atoms with Crippen LogP contribution in [-0.2, 0) is 0 Å². The van der Waals surface area contributed by atoms with Crippen LogP contribution in [-0.4, -0.2) is 31.4 Å². The second-order valence-corrected chi connectivity index (χ2v) is 4.48. The molecule has 0 aliphatic carbocycles.